The second-order valence-electron chi connectivity index (χ2n) is 5.40. The number of anilines is 1. The SMILES string of the molecule is O=C(CCc1ccco1)N1CCN(c2ccccc2F)CC1. The number of aryl methyl sites for hydroxylation is 1. The molecule has 0 aliphatic carbocycles. The maximum Gasteiger partial charge on any atom is 0.223 e. The molecule has 0 N–H and O–H groups in total. The summed E-state index contributed by atoms with van der Waals surface area (Å²) in [5.74, 6) is 0.753. The lowest BCUT2D eigenvalue weighted by molar-refractivity contribution is -0.131. The summed E-state index contributed by atoms with van der Waals surface area (Å²) < 4.78 is 19.0. The van der Waals surface area contributed by atoms with Crippen LogP contribution in [0, 0.1) is 5.82 Å². The van der Waals surface area contributed by atoms with Crippen molar-refractivity contribution in [3.8, 4) is 0 Å². The van der Waals surface area contributed by atoms with Crippen LogP contribution < -0.4 is 4.90 Å². The molecule has 1 aliphatic rings. The minimum absolute atomic E-state index is 0.129. The van der Waals surface area contributed by atoms with Crippen LogP contribution in [0.15, 0.2) is 47.1 Å². The van der Waals surface area contributed by atoms with Crippen molar-refractivity contribution in [3.63, 3.8) is 0 Å². The van der Waals surface area contributed by atoms with Crippen molar-refractivity contribution in [1.29, 1.82) is 0 Å². The van der Waals surface area contributed by atoms with E-state index in [1.54, 1.807) is 18.4 Å². The van der Waals surface area contributed by atoms with Crippen LogP contribution in [0.5, 0.6) is 0 Å². The number of halogens is 1. The number of piperazine rings is 1. The molecular weight excluding hydrogens is 283 g/mol. The molecule has 1 aromatic carbocycles. The highest BCUT2D eigenvalue weighted by atomic mass is 19.1. The predicted molar refractivity (Wildman–Crippen MR) is 82.2 cm³/mol. The molecule has 2 heterocycles. The summed E-state index contributed by atoms with van der Waals surface area (Å²) in [5, 5.41) is 0. The first-order valence-corrected chi connectivity index (χ1v) is 7.53. The molecule has 0 unspecified atom stereocenters. The molecule has 22 heavy (non-hydrogen) atoms. The van der Waals surface area contributed by atoms with E-state index >= 15 is 0 Å². The van der Waals surface area contributed by atoms with E-state index in [1.807, 2.05) is 28.0 Å². The molecule has 1 aromatic heterocycles. The van der Waals surface area contributed by atoms with E-state index in [-0.39, 0.29) is 11.7 Å². The van der Waals surface area contributed by atoms with Gasteiger partial charge in [0.05, 0.1) is 12.0 Å². The monoisotopic (exact) mass is 302 g/mol. The number of carbonyl (C=O) groups is 1. The quantitative estimate of drug-likeness (QED) is 0.871. The number of rotatable bonds is 4. The van der Waals surface area contributed by atoms with Gasteiger partial charge in [0.2, 0.25) is 5.91 Å². The van der Waals surface area contributed by atoms with Gasteiger partial charge < -0.3 is 14.2 Å². The van der Waals surface area contributed by atoms with E-state index in [1.165, 1.54) is 6.07 Å². The Kier molecular flexibility index (Phi) is 4.42. The first kappa shape index (κ1) is 14.6. The molecule has 0 radical (unpaired) electrons. The number of hydrogen-bond acceptors (Lipinski definition) is 3. The lowest BCUT2D eigenvalue weighted by Crippen LogP contribution is -2.49. The normalized spacial score (nSPS) is 15.1. The van der Waals surface area contributed by atoms with Gasteiger partial charge in [0.1, 0.15) is 11.6 Å². The van der Waals surface area contributed by atoms with Gasteiger partial charge in [0, 0.05) is 39.0 Å². The minimum Gasteiger partial charge on any atom is -0.469 e. The predicted octanol–water partition coefficient (Wildman–Crippen LogP) is 2.70. The molecular formula is C17H19FN2O2. The molecule has 116 valence electrons. The fourth-order valence-electron chi connectivity index (χ4n) is 2.75. The van der Waals surface area contributed by atoms with Crippen molar-refractivity contribution in [2.24, 2.45) is 0 Å². The molecule has 1 aliphatic heterocycles. The molecule has 1 amide bonds. The van der Waals surface area contributed by atoms with Gasteiger partial charge in [0.15, 0.2) is 0 Å². The van der Waals surface area contributed by atoms with Crippen molar-refractivity contribution in [1.82, 2.24) is 4.90 Å². The molecule has 5 heteroatoms. The van der Waals surface area contributed by atoms with E-state index in [9.17, 15) is 9.18 Å². The largest absolute Gasteiger partial charge is 0.469 e. The first-order valence-electron chi connectivity index (χ1n) is 7.53. The maximum atomic E-state index is 13.8. The standard InChI is InChI=1S/C17H19FN2O2/c18-15-5-1-2-6-16(15)19-9-11-20(12-10-19)17(21)8-7-14-4-3-13-22-14/h1-6,13H,7-12H2. The Hall–Kier alpha value is -2.30. The van der Waals surface area contributed by atoms with Crippen LogP contribution in [0.1, 0.15) is 12.2 Å². The highest BCUT2D eigenvalue weighted by Gasteiger charge is 2.22. The van der Waals surface area contributed by atoms with Gasteiger partial charge in [-0.2, -0.15) is 0 Å². The van der Waals surface area contributed by atoms with E-state index in [4.69, 9.17) is 4.42 Å². The summed E-state index contributed by atoms with van der Waals surface area (Å²) in [4.78, 5) is 16.0. The van der Waals surface area contributed by atoms with Gasteiger partial charge in [-0.25, -0.2) is 4.39 Å². The average Bonchev–Trinajstić information content (AvgIpc) is 3.07. The Morgan fingerprint density at radius 3 is 2.55 bits per heavy atom. The van der Waals surface area contributed by atoms with Crippen molar-refractivity contribution in [2.45, 2.75) is 12.8 Å². The first-order chi connectivity index (χ1) is 10.7. The highest BCUT2D eigenvalue weighted by molar-refractivity contribution is 5.76. The molecule has 2 aromatic rings. The van der Waals surface area contributed by atoms with Gasteiger partial charge in [-0.1, -0.05) is 12.1 Å². The van der Waals surface area contributed by atoms with E-state index in [0.717, 1.165) is 5.76 Å². The van der Waals surface area contributed by atoms with Crippen molar-refractivity contribution >= 4 is 11.6 Å². The third-order valence-corrected chi connectivity index (χ3v) is 3.99. The zero-order valence-electron chi connectivity index (χ0n) is 12.4. The van der Waals surface area contributed by atoms with Crippen LogP contribution in [-0.2, 0) is 11.2 Å². The molecule has 3 rings (SSSR count). The van der Waals surface area contributed by atoms with Gasteiger partial charge in [-0.3, -0.25) is 4.79 Å². The molecule has 0 bridgehead atoms. The number of carbonyl (C=O) groups excluding carboxylic acids is 1. The van der Waals surface area contributed by atoms with Crippen molar-refractivity contribution in [2.75, 3.05) is 31.1 Å². The average molecular weight is 302 g/mol. The molecule has 0 spiro atoms. The minimum atomic E-state index is -0.208. The summed E-state index contributed by atoms with van der Waals surface area (Å²) in [6.07, 6.45) is 2.69. The topological polar surface area (TPSA) is 36.7 Å². The van der Waals surface area contributed by atoms with Crippen LogP contribution in [0.2, 0.25) is 0 Å². The zero-order chi connectivity index (χ0) is 15.4. The van der Waals surface area contributed by atoms with Gasteiger partial charge in [0.25, 0.3) is 0 Å². The second-order valence-corrected chi connectivity index (χ2v) is 5.40. The lowest BCUT2D eigenvalue weighted by atomic mass is 10.2. The van der Waals surface area contributed by atoms with Gasteiger partial charge in [-0.15, -0.1) is 0 Å². The Labute approximate surface area is 129 Å². The van der Waals surface area contributed by atoms with Gasteiger partial charge >= 0.3 is 0 Å². The van der Waals surface area contributed by atoms with Crippen LogP contribution in [-0.4, -0.2) is 37.0 Å². The number of furan rings is 1. The van der Waals surface area contributed by atoms with E-state index in [2.05, 4.69) is 0 Å². The fraction of sp³-hybridized carbons (Fsp3) is 0.353. The molecule has 0 saturated carbocycles. The second kappa shape index (κ2) is 6.64. The molecule has 1 saturated heterocycles. The Balaban J connectivity index is 1.51. The molecule has 0 atom stereocenters. The molecule has 4 nitrogen and oxygen atoms in total. The Morgan fingerprint density at radius 1 is 1.09 bits per heavy atom. The van der Waals surface area contributed by atoms with Gasteiger partial charge in [-0.05, 0) is 24.3 Å². The van der Waals surface area contributed by atoms with Crippen LogP contribution in [0.3, 0.4) is 0 Å². The number of benzene rings is 1. The zero-order valence-corrected chi connectivity index (χ0v) is 12.4. The summed E-state index contributed by atoms with van der Waals surface area (Å²) >= 11 is 0. The summed E-state index contributed by atoms with van der Waals surface area (Å²) in [7, 11) is 0. The fourth-order valence-corrected chi connectivity index (χ4v) is 2.75. The van der Waals surface area contributed by atoms with E-state index in [0.29, 0.717) is 44.7 Å². The Morgan fingerprint density at radius 2 is 1.86 bits per heavy atom. The lowest BCUT2D eigenvalue weighted by Gasteiger charge is -2.36. The number of amides is 1. The van der Waals surface area contributed by atoms with Crippen molar-refractivity contribution < 1.29 is 13.6 Å². The number of hydrogen-bond donors (Lipinski definition) is 0. The third kappa shape index (κ3) is 3.30. The number of para-hydroxylation sites is 1. The van der Waals surface area contributed by atoms with Crippen LogP contribution >= 0.6 is 0 Å². The maximum absolute atomic E-state index is 13.8. The summed E-state index contributed by atoms with van der Waals surface area (Å²) in [5.41, 5.74) is 0.616. The molecule has 1 fully saturated rings. The van der Waals surface area contributed by atoms with E-state index < -0.39 is 0 Å². The number of nitrogens with zero attached hydrogens (tertiary/aromatic N) is 2. The smallest absolute Gasteiger partial charge is 0.223 e. The summed E-state index contributed by atoms with van der Waals surface area (Å²) in [6, 6.07) is 10.5. The Bertz CT molecular complexity index is 619. The van der Waals surface area contributed by atoms with Crippen LogP contribution in [0.25, 0.3) is 0 Å². The highest BCUT2D eigenvalue weighted by Crippen LogP contribution is 2.20. The van der Waals surface area contributed by atoms with Crippen LogP contribution in [0.4, 0.5) is 10.1 Å². The third-order valence-electron chi connectivity index (χ3n) is 3.99. The summed E-state index contributed by atoms with van der Waals surface area (Å²) in [6.45, 7) is 2.58. The van der Waals surface area contributed by atoms with Crippen molar-refractivity contribution in [3.05, 3.63) is 54.2 Å².